The van der Waals surface area contributed by atoms with Crippen molar-refractivity contribution >= 4 is 17.6 Å². The van der Waals surface area contributed by atoms with Gasteiger partial charge in [0.2, 0.25) is 0 Å². The van der Waals surface area contributed by atoms with Crippen molar-refractivity contribution < 1.29 is 28.6 Å². The van der Waals surface area contributed by atoms with Crippen molar-refractivity contribution in [3.63, 3.8) is 0 Å². The second kappa shape index (κ2) is 10.5. The lowest BCUT2D eigenvalue weighted by Crippen LogP contribution is -2.14. The average Bonchev–Trinajstić information content (AvgIpc) is 2.67. The van der Waals surface area contributed by atoms with Gasteiger partial charge in [0, 0.05) is 23.9 Å². The van der Waals surface area contributed by atoms with Crippen LogP contribution in [0.1, 0.15) is 28.4 Å². The van der Waals surface area contributed by atoms with Gasteiger partial charge in [-0.1, -0.05) is 19.1 Å². The molecule has 28 heavy (non-hydrogen) atoms. The molecule has 1 unspecified atom stereocenters. The Morgan fingerprint density at radius 2 is 1.86 bits per heavy atom. The molecule has 0 bridgehead atoms. The summed E-state index contributed by atoms with van der Waals surface area (Å²) < 4.78 is 24.1. The molecule has 0 aliphatic carbocycles. The summed E-state index contributed by atoms with van der Waals surface area (Å²) in [4.78, 5) is 23.4. The van der Waals surface area contributed by atoms with E-state index < -0.39 is 17.7 Å². The Morgan fingerprint density at radius 3 is 2.50 bits per heavy atom. The second-order valence-electron chi connectivity index (χ2n) is 6.45. The fourth-order valence-electron chi connectivity index (χ4n) is 2.52. The lowest BCUT2D eigenvalue weighted by molar-refractivity contribution is -0.141. The minimum atomic E-state index is -0.851. The van der Waals surface area contributed by atoms with Gasteiger partial charge in [0.05, 0.1) is 25.7 Å². The summed E-state index contributed by atoms with van der Waals surface area (Å²) in [7, 11) is 1.55. The van der Waals surface area contributed by atoms with Gasteiger partial charge in [-0.3, -0.25) is 9.59 Å². The minimum Gasteiger partial charge on any atom is -0.481 e. The molecule has 2 aromatic carbocycles. The fraction of sp³-hybridized carbons (Fsp3) is 0.333. The first-order valence-electron chi connectivity index (χ1n) is 8.89. The van der Waals surface area contributed by atoms with Crippen molar-refractivity contribution in [2.24, 2.45) is 5.92 Å². The number of hydrogen-bond donors (Lipinski definition) is 2. The van der Waals surface area contributed by atoms with Crippen molar-refractivity contribution in [3.05, 3.63) is 65.0 Å². The molecule has 150 valence electrons. The number of hydrogen-bond acceptors (Lipinski definition) is 4. The van der Waals surface area contributed by atoms with Crippen LogP contribution in [0.2, 0.25) is 0 Å². The topological polar surface area (TPSA) is 84.9 Å². The Balaban J connectivity index is 1.99. The van der Waals surface area contributed by atoms with Crippen molar-refractivity contribution in [2.75, 3.05) is 25.6 Å². The first kappa shape index (κ1) is 21.5. The number of benzene rings is 2. The van der Waals surface area contributed by atoms with Crippen molar-refractivity contribution in [3.8, 4) is 0 Å². The highest BCUT2D eigenvalue weighted by atomic mass is 19.1. The number of methoxy groups -OCH3 is 1. The molecule has 0 aromatic heterocycles. The number of carbonyl (C=O) groups is 2. The highest BCUT2D eigenvalue weighted by Gasteiger charge is 2.13. The molecule has 2 N–H and O–H groups in total. The predicted octanol–water partition coefficient (Wildman–Crippen LogP) is 3.50. The van der Waals surface area contributed by atoms with Gasteiger partial charge in [-0.05, 0) is 42.3 Å². The normalized spacial score (nSPS) is 11.8. The third kappa shape index (κ3) is 6.44. The molecule has 0 spiro atoms. The van der Waals surface area contributed by atoms with Gasteiger partial charge in [0.1, 0.15) is 5.82 Å². The smallest absolute Gasteiger partial charge is 0.306 e. The predicted molar refractivity (Wildman–Crippen MR) is 103 cm³/mol. The summed E-state index contributed by atoms with van der Waals surface area (Å²) in [5, 5.41) is 11.7. The molecule has 0 fully saturated rings. The van der Waals surface area contributed by atoms with Crippen LogP contribution in [-0.2, 0) is 27.3 Å². The maximum atomic E-state index is 13.9. The van der Waals surface area contributed by atoms with Crippen LogP contribution in [0.3, 0.4) is 0 Å². The molecule has 0 aliphatic rings. The molecule has 0 heterocycles. The van der Waals surface area contributed by atoms with E-state index in [1.165, 1.54) is 18.2 Å². The lowest BCUT2D eigenvalue weighted by Gasteiger charge is -2.10. The first-order valence-corrected chi connectivity index (χ1v) is 8.89. The molecular formula is C21H24FNO5. The number of anilines is 1. The van der Waals surface area contributed by atoms with Gasteiger partial charge >= 0.3 is 5.97 Å². The molecular weight excluding hydrogens is 365 g/mol. The van der Waals surface area contributed by atoms with Crippen LogP contribution in [0, 0.1) is 11.7 Å². The lowest BCUT2D eigenvalue weighted by atomic mass is 10.0. The molecule has 0 saturated carbocycles. The number of carbonyl (C=O) groups excluding carboxylic acids is 1. The summed E-state index contributed by atoms with van der Waals surface area (Å²) in [6.07, 6.45) is 0.411. The molecule has 6 nitrogen and oxygen atoms in total. The number of halogens is 1. The van der Waals surface area contributed by atoms with E-state index >= 15 is 0 Å². The van der Waals surface area contributed by atoms with Crippen LogP contribution in [0.4, 0.5) is 10.1 Å². The number of rotatable bonds is 10. The Morgan fingerprint density at radius 1 is 1.14 bits per heavy atom. The highest BCUT2D eigenvalue weighted by Crippen LogP contribution is 2.16. The molecule has 2 rings (SSSR count). The monoisotopic (exact) mass is 389 g/mol. The Bertz CT molecular complexity index is 807. The van der Waals surface area contributed by atoms with Crippen molar-refractivity contribution in [1.82, 2.24) is 0 Å². The number of ether oxygens (including phenoxy) is 2. The van der Waals surface area contributed by atoms with E-state index in [1.54, 1.807) is 38.3 Å². The van der Waals surface area contributed by atoms with Gasteiger partial charge in [-0.15, -0.1) is 0 Å². The van der Waals surface area contributed by atoms with Gasteiger partial charge in [-0.25, -0.2) is 4.39 Å². The van der Waals surface area contributed by atoms with E-state index in [1.807, 2.05) is 0 Å². The SMILES string of the molecule is COCCOCc1cc(C(=O)Nc2ccc(CC(C)C(=O)O)cc2)ccc1F. The first-order chi connectivity index (χ1) is 13.4. The maximum Gasteiger partial charge on any atom is 0.306 e. The van der Waals surface area contributed by atoms with Crippen molar-refractivity contribution in [1.29, 1.82) is 0 Å². The largest absolute Gasteiger partial charge is 0.481 e. The van der Waals surface area contributed by atoms with Gasteiger partial charge < -0.3 is 19.9 Å². The maximum absolute atomic E-state index is 13.9. The van der Waals surface area contributed by atoms with E-state index in [9.17, 15) is 14.0 Å². The van der Waals surface area contributed by atoms with Gasteiger partial charge in [0.15, 0.2) is 0 Å². The number of carboxylic acid groups (broad SMARTS) is 1. The van der Waals surface area contributed by atoms with Crippen LogP contribution in [0.15, 0.2) is 42.5 Å². The molecule has 7 heteroatoms. The van der Waals surface area contributed by atoms with E-state index in [4.69, 9.17) is 14.6 Å². The third-order valence-electron chi connectivity index (χ3n) is 4.17. The van der Waals surface area contributed by atoms with Crippen LogP contribution in [0.25, 0.3) is 0 Å². The van der Waals surface area contributed by atoms with Gasteiger partial charge in [0.25, 0.3) is 5.91 Å². The average molecular weight is 389 g/mol. The van der Waals surface area contributed by atoms with Gasteiger partial charge in [-0.2, -0.15) is 0 Å². The fourth-order valence-corrected chi connectivity index (χ4v) is 2.52. The Hall–Kier alpha value is -2.77. The zero-order valence-corrected chi connectivity index (χ0v) is 15.9. The summed E-state index contributed by atoms with van der Waals surface area (Å²) in [6, 6.07) is 11.1. The van der Waals surface area contributed by atoms with Crippen LogP contribution >= 0.6 is 0 Å². The number of carboxylic acids is 1. The van der Waals surface area contributed by atoms with E-state index in [0.29, 0.717) is 36.4 Å². The van der Waals surface area contributed by atoms with Crippen LogP contribution in [0.5, 0.6) is 0 Å². The molecule has 0 aliphatic heterocycles. The number of nitrogens with one attached hydrogen (secondary N) is 1. The zero-order valence-electron chi connectivity index (χ0n) is 15.9. The summed E-state index contributed by atoms with van der Waals surface area (Å²) in [5.41, 5.74) is 2.04. The third-order valence-corrected chi connectivity index (χ3v) is 4.17. The Labute approximate surface area is 163 Å². The molecule has 1 amide bonds. The molecule has 2 aromatic rings. The number of amides is 1. The van der Waals surface area contributed by atoms with Crippen LogP contribution < -0.4 is 5.32 Å². The summed E-state index contributed by atoms with van der Waals surface area (Å²) in [5.74, 6) is -2.14. The van der Waals surface area contributed by atoms with Crippen molar-refractivity contribution in [2.45, 2.75) is 20.0 Å². The number of aliphatic carboxylic acids is 1. The van der Waals surface area contributed by atoms with E-state index in [-0.39, 0.29) is 12.5 Å². The molecule has 0 saturated heterocycles. The Kier molecular flexibility index (Phi) is 8.10. The quantitative estimate of drug-likeness (QED) is 0.608. The highest BCUT2D eigenvalue weighted by molar-refractivity contribution is 6.04. The van der Waals surface area contributed by atoms with Crippen LogP contribution in [-0.4, -0.2) is 37.3 Å². The minimum absolute atomic E-state index is 0.0484. The summed E-state index contributed by atoms with van der Waals surface area (Å²) >= 11 is 0. The molecule has 1 atom stereocenters. The molecule has 0 radical (unpaired) electrons. The zero-order chi connectivity index (χ0) is 20.5. The van der Waals surface area contributed by atoms with E-state index in [2.05, 4.69) is 5.32 Å². The second-order valence-corrected chi connectivity index (χ2v) is 6.45. The summed E-state index contributed by atoms with van der Waals surface area (Å²) in [6.45, 7) is 2.43. The standard InChI is InChI=1S/C21H24FNO5/c1-14(21(25)26)11-15-3-6-18(7-4-15)23-20(24)16-5-8-19(22)17(12-16)13-28-10-9-27-2/h3-8,12,14H,9-11,13H2,1-2H3,(H,23,24)(H,25,26). The van der Waals surface area contributed by atoms with E-state index in [0.717, 1.165) is 5.56 Å².